The number of nitrogens with zero attached hydrogens (tertiary/aromatic N) is 2. The Bertz CT molecular complexity index is 439. The van der Waals surface area contributed by atoms with E-state index in [1.165, 1.54) is 5.56 Å². The molecule has 1 atom stereocenters. The van der Waals surface area contributed by atoms with Gasteiger partial charge in [0.15, 0.2) is 0 Å². The molecule has 1 aliphatic rings. The van der Waals surface area contributed by atoms with Crippen molar-refractivity contribution in [3.8, 4) is 5.75 Å². The molecule has 0 radical (unpaired) electrons. The van der Waals surface area contributed by atoms with Crippen LogP contribution in [0.3, 0.4) is 0 Å². The molecule has 1 aromatic carbocycles. The maximum Gasteiger partial charge on any atom is 0.317 e. The van der Waals surface area contributed by atoms with Crippen LogP contribution in [0.25, 0.3) is 0 Å². The van der Waals surface area contributed by atoms with Crippen molar-refractivity contribution in [3.63, 3.8) is 0 Å². The highest BCUT2D eigenvalue weighted by Crippen LogP contribution is 2.23. The lowest BCUT2D eigenvalue weighted by molar-refractivity contribution is -0.138. The van der Waals surface area contributed by atoms with Gasteiger partial charge in [0.25, 0.3) is 0 Å². The lowest BCUT2D eigenvalue weighted by Crippen LogP contribution is -2.48. The number of benzene rings is 1. The van der Waals surface area contributed by atoms with Gasteiger partial charge >= 0.3 is 5.97 Å². The number of aliphatic carboxylic acids is 1. The van der Waals surface area contributed by atoms with E-state index in [9.17, 15) is 4.79 Å². The first-order valence-corrected chi connectivity index (χ1v) is 6.92. The molecule has 1 aromatic rings. The summed E-state index contributed by atoms with van der Waals surface area (Å²) < 4.78 is 5.17. The van der Waals surface area contributed by atoms with Crippen molar-refractivity contribution < 1.29 is 14.6 Å². The molecule has 1 fully saturated rings. The molecule has 0 bridgehead atoms. The normalized spacial score (nSPS) is 18.7. The summed E-state index contributed by atoms with van der Waals surface area (Å²) in [5.74, 6) is 0.119. The fraction of sp³-hybridized carbons (Fsp3) is 0.533. The van der Waals surface area contributed by atoms with E-state index in [1.54, 1.807) is 7.11 Å². The zero-order valence-electron chi connectivity index (χ0n) is 12.1. The molecule has 1 N–H and O–H groups in total. The molecule has 0 aromatic heterocycles. The van der Waals surface area contributed by atoms with Gasteiger partial charge < -0.3 is 9.84 Å². The van der Waals surface area contributed by atoms with Crippen molar-refractivity contribution in [2.45, 2.75) is 13.0 Å². The predicted octanol–water partition coefficient (Wildman–Crippen LogP) is 1.46. The van der Waals surface area contributed by atoms with Crippen LogP contribution in [-0.4, -0.2) is 60.7 Å². The maximum absolute atomic E-state index is 10.7. The quantitative estimate of drug-likeness (QED) is 0.883. The summed E-state index contributed by atoms with van der Waals surface area (Å²) in [5.41, 5.74) is 1.26. The largest absolute Gasteiger partial charge is 0.497 e. The average Bonchev–Trinajstić information content (AvgIpc) is 2.47. The molecule has 1 saturated heterocycles. The number of hydrogen-bond donors (Lipinski definition) is 1. The first-order chi connectivity index (χ1) is 9.60. The van der Waals surface area contributed by atoms with Crippen molar-refractivity contribution in [2.24, 2.45) is 0 Å². The molecule has 0 spiro atoms. The van der Waals surface area contributed by atoms with Gasteiger partial charge in [-0.25, -0.2) is 0 Å². The van der Waals surface area contributed by atoms with E-state index in [1.807, 2.05) is 17.0 Å². The molecule has 2 rings (SSSR count). The fourth-order valence-corrected chi connectivity index (χ4v) is 2.59. The van der Waals surface area contributed by atoms with Crippen LogP contribution in [0.15, 0.2) is 24.3 Å². The molecule has 5 nitrogen and oxygen atoms in total. The van der Waals surface area contributed by atoms with Gasteiger partial charge in [-0.1, -0.05) is 12.1 Å². The van der Waals surface area contributed by atoms with Gasteiger partial charge in [0.2, 0.25) is 0 Å². The minimum Gasteiger partial charge on any atom is -0.497 e. The molecular formula is C15H22N2O3. The number of carbonyl (C=O) groups is 1. The summed E-state index contributed by atoms with van der Waals surface area (Å²) in [6.07, 6.45) is 0. The van der Waals surface area contributed by atoms with E-state index < -0.39 is 5.97 Å². The van der Waals surface area contributed by atoms with E-state index in [-0.39, 0.29) is 6.54 Å². The van der Waals surface area contributed by atoms with Gasteiger partial charge in [0.05, 0.1) is 13.7 Å². The van der Waals surface area contributed by atoms with Crippen LogP contribution in [-0.2, 0) is 4.79 Å². The van der Waals surface area contributed by atoms with Crippen LogP contribution in [0.5, 0.6) is 5.75 Å². The molecule has 0 amide bonds. The zero-order valence-corrected chi connectivity index (χ0v) is 12.1. The van der Waals surface area contributed by atoms with Gasteiger partial charge in [-0.3, -0.25) is 14.6 Å². The number of methoxy groups -OCH3 is 1. The van der Waals surface area contributed by atoms with Gasteiger partial charge in [-0.2, -0.15) is 0 Å². The Labute approximate surface area is 119 Å². The maximum atomic E-state index is 10.7. The van der Waals surface area contributed by atoms with Crippen molar-refractivity contribution in [1.29, 1.82) is 0 Å². The molecular weight excluding hydrogens is 256 g/mol. The first kappa shape index (κ1) is 14.8. The minimum atomic E-state index is -0.748. The number of ether oxygens (including phenoxy) is 1. The third-order valence-electron chi connectivity index (χ3n) is 3.91. The summed E-state index contributed by atoms with van der Waals surface area (Å²) in [6, 6.07) is 8.48. The smallest absolute Gasteiger partial charge is 0.317 e. The molecule has 0 saturated carbocycles. The van der Waals surface area contributed by atoms with Crippen LogP contribution < -0.4 is 4.74 Å². The summed E-state index contributed by atoms with van der Waals surface area (Å²) in [5, 5.41) is 8.80. The summed E-state index contributed by atoms with van der Waals surface area (Å²) in [6.45, 7) is 5.76. The molecule has 1 heterocycles. The molecule has 1 aliphatic heterocycles. The van der Waals surface area contributed by atoms with Gasteiger partial charge in [0.1, 0.15) is 5.75 Å². The first-order valence-electron chi connectivity index (χ1n) is 6.92. The van der Waals surface area contributed by atoms with Crippen molar-refractivity contribution in [1.82, 2.24) is 9.80 Å². The number of carboxylic acid groups (broad SMARTS) is 1. The van der Waals surface area contributed by atoms with E-state index in [0.29, 0.717) is 6.04 Å². The van der Waals surface area contributed by atoms with Crippen molar-refractivity contribution >= 4 is 5.97 Å². The Balaban J connectivity index is 1.90. The number of rotatable bonds is 5. The molecule has 1 unspecified atom stereocenters. The molecule has 0 aliphatic carbocycles. The third kappa shape index (κ3) is 3.71. The summed E-state index contributed by atoms with van der Waals surface area (Å²) >= 11 is 0. The second kappa shape index (κ2) is 6.72. The van der Waals surface area contributed by atoms with E-state index in [0.717, 1.165) is 31.9 Å². The standard InChI is InChI=1S/C15H22N2O3/c1-12(13-3-5-14(20-2)6-4-13)17-9-7-16(8-10-17)11-15(18)19/h3-6,12H,7-11H2,1-2H3,(H,18,19). The Morgan fingerprint density at radius 3 is 2.35 bits per heavy atom. The Morgan fingerprint density at radius 1 is 1.25 bits per heavy atom. The third-order valence-corrected chi connectivity index (χ3v) is 3.91. The summed E-state index contributed by atoms with van der Waals surface area (Å²) in [7, 11) is 1.67. The van der Waals surface area contributed by atoms with Gasteiger partial charge in [-0.15, -0.1) is 0 Å². The number of carboxylic acids is 1. The SMILES string of the molecule is COc1ccc(C(C)N2CCN(CC(=O)O)CC2)cc1. The Kier molecular flexibility index (Phi) is 4.98. The lowest BCUT2D eigenvalue weighted by Gasteiger charge is -2.37. The van der Waals surface area contributed by atoms with E-state index >= 15 is 0 Å². The minimum absolute atomic E-state index is 0.144. The highest BCUT2D eigenvalue weighted by atomic mass is 16.5. The van der Waals surface area contributed by atoms with Gasteiger partial charge in [0, 0.05) is 32.2 Å². The fourth-order valence-electron chi connectivity index (χ4n) is 2.59. The van der Waals surface area contributed by atoms with E-state index in [2.05, 4.69) is 24.0 Å². The Morgan fingerprint density at radius 2 is 1.85 bits per heavy atom. The van der Waals surface area contributed by atoms with Crippen molar-refractivity contribution in [2.75, 3.05) is 39.8 Å². The Hall–Kier alpha value is -1.59. The average molecular weight is 278 g/mol. The van der Waals surface area contributed by atoms with E-state index in [4.69, 9.17) is 9.84 Å². The predicted molar refractivity (Wildman–Crippen MR) is 77.1 cm³/mol. The molecule has 20 heavy (non-hydrogen) atoms. The topological polar surface area (TPSA) is 53.0 Å². The lowest BCUT2D eigenvalue weighted by atomic mass is 10.1. The van der Waals surface area contributed by atoms with Crippen LogP contribution in [0.2, 0.25) is 0 Å². The van der Waals surface area contributed by atoms with Crippen LogP contribution >= 0.6 is 0 Å². The molecule has 5 heteroatoms. The number of hydrogen-bond acceptors (Lipinski definition) is 4. The second-order valence-electron chi connectivity index (χ2n) is 5.15. The number of piperazine rings is 1. The van der Waals surface area contributed by atoms with Gasteiger partial charge in [-0.05, 0) is 24.6 Å². The highest BCUT2D eigenvalue weighted by molar-refractivity contribution is 5.69. The van der Waals surface area contributed by atoms with Crippen LogP contribution in [0.1, 0.15) is 18.5 Å². The second-order valence-corrected chi connectivity index (χ2v) is 5.15. The highest BCUT2D eigenvalue weighted by Gasteiger charge is 2.22. The summed E-state index contributed by atoms with van der Waals surface area (Å²) in [4.78, 5) is 15.1. The zero-order chi connectivity index (χ0) is 14.5. The van der Waals surface area contributed by atoms with Crippen molar-refractivity contribution in [3.05, 3.63) is 29.8 Å². The van der Waals surface area contributed by atoms with Crippen LogP contribution in [0, 0.1) is 0 Å². The van der Waals surface area contributed by atoms with Crippen LogP contribution in [0.4, 0.5) is 0 Å². The monoisotopic (exact) mass is 278 g/mol. The molecule has 110 valence electrons.